The molecule has 0 spiro atoms. The number of ether oxygens (including phenoxy) is 1. The Labute approximate surface area is 79.3 Å². The van der Waals surface area contributed by atoms with Crippen molar-refractivity contribution in [3.05, 3.63) is 11.4 Å². The summed E-state index contributed by atoms with van der Waals surface area (Å²) >= 11 is 0. The summed E-state index contributed by atoms with van der Waals surface area (Å²) < 4.78 is 4.64. The molecule has 4 heteroatoms. The predicted octanol–water partition coefficient (Wildman–Crippen LogP) is 0.691. The fourth-order valence-electron chi connectivity index (χ4n) is 1.18. The molecule has 0 saturated heterocycles. The lowest BCUT2D eigenvalue weighted by Crippen LogP contribution is -2.30. The van der Waals surface area contributed by atoms with Crippen molar-refractivity contribution in [1.29, 1.82) is 0 Å². The number of nitrogens with two attached hydrogens (primary N) is 1. The van der Waals surface area contributed by atoms with E-state index in [1.54, 1.807) is 6.92 Å². The van der Waals surface area contributed by atoms with Crippen LogP contribution in [-0.2, 0) is 9.53 Å². The van der Waals surface area contributed by atoms with Gasteiger partial charge >= 0.3 is 5.97 Å². The van der Waals surface area contributed by atoms with E-state index in [1.165, 1.54) is 7.11 Å². The molecule has 0 atom stereocenters. The van der Waals surface area contributed by atoms with Crippen molar-refractivity contribution in [1.82, 2.24) is 4.90 Å². The maximum absolute atomic E-state index is 11.3. The van der Waals surface area contributed by atoms with Crippen molar-refractivity contribution in [2.24, 2.45) is 5.73 Å². The number of carbonyl (C=O) groups excluding carboxylic acids is 1. The average molecular weight is 186 g/mol. The lowest BCUT2D eigenvalue weighted by molar-refractivity contribution is -0.138. The maximum Gasteiger partial charge on any atom is 0.356 e. The fraction of sp³-hybridized carbons (Fsp3) is 0.667. The minimum absolute atomic E-state index is 0.372. The normalized spacial score (nSPS) is 12.0. The van der Waals surface area contributed by atoms with Gasteiger partial charge in [-0.3, -0.25) is 0 Å². The number of likely N-dealkylation sites (N-methyl/N-ethyl adjacent to an activating group) is 1. The first-order valence-corrected chi connectivity index (χ1v) is 4.38. The zero-order chi connectivity index (χ0) is 10.4. The number of esters is 1. The monoisotopic (exact) mass is 186 g/mol. The lowest BCUT2D eigenvalue weighted by Gasteiger charge is -2.23. The van der Waals surface area contributed by atoms with Crippen molar-refractivity contribution in [3.63, 3.8) is 0 Å². The van der Waals surface area contributed by atoms with Gasteiger partial charge in [0.1, 0.15) is 5.70 Å². The molecule has 76 valence electrons. The highest BCUT2D eigenvalue weighted by Gasteiger charge is 2.17. The predicted molar refractivity (Wildman–Crippen MR) is 51.8 cm³/mol. The van der Waals surface area contributed by atoms with Gasteiger partial charge in [-0.15, -0.1) is 0 Å². The zero-order valence-corrected chi connectivity index (χ0v) is 8.76. The molecule has 0 rings (SSSR count). The quantitative estimate of drug-likeness (QED) is 0.518. The Morgan fingerprint density at radius 1 is 1.38 bits per heavy atom. The highest BCUT2D eigenvalue weighted by molar-refractivity contribution is 5.88. The number of nitrogens with zero attached hydrogens (tertiary/aromatic N) is 1. The molecule has 0 saturated carbocycles. The number of methoxy groups -OCH3 is 1. The van der Waals surface area contributed by atoms with Crippen LogP contribution in [0.3, 0.4) is 0 Å². The first-order valence-electron chi connectivity index (χ1n) is 4.38. The fourth-order valence-corrected chi connectivity index (χ4v) is 1.18. The van der Waals surface area contributed by atoms with Gasteiger partial charge in [0.2, 0.25) is 0 Å². The molecule has 0 aliphatic rings. The maximum atomic E-state index is 11.3. The summed E-state index contributed by atoms with van der Waals surface area (Å²) in [5, 5.41) is 0. The molecule has 0 aliphatic carbocycles. The molecule has 0 radical (unpaired) electrons. The van der Waals surface area contributed by atoms with E-state index in [4.69, 9.17) is 5.73 Å². The molecule has 13 heavy (non-hydrogen) atoms. The molecule has 2 N–H and O–H groups in total. The SMILES string of the molecule is CCN(CC)/C(C(=O)OC)=C(/C)N. The van der Waals surface area contributed by atoms with Gasteiger partial charge in [0, 0.05) is 18.8 Å². The molecule has 0 amide bonds. The Balaban J connectivity index is 4.82. The first kappa shape index (κ1) is 11.8. The molecule has 0 heterocycles. The molecule has 0 unspecified atom stereocenters. The third-order valence-corrected chi connectivity index (χ3v) is 1.83. The summed E-state index contributed by atoms with van der Waals surface area (Å²) in [6.07, 6.45) is 0. The van der Waals surface area contributed by atoms with Gasteiger partial charge in [0.15, 0.2) is 0 Å². The van der Waals surface area contributed by atoms with Crippen LogP contribution in [-0.4, -0.2) is 31.1 Å². The molecule has 0 aliphatic heterocycles. The van der Waals surface area contributed by atoms with Crippen LogP contribution >= 0.6 is 0 Å². The Morgan fingerprint density at radius 3 is 2.08 bits per heavy atom. The van der Waals surface area contributed by atoms with Crippen LogP contribution < -0.4 is 5.73 Å². The summed E-state index contributed by atoms with van der Waals surface area (Å²) in [4.78, 5) is 13.2. The Morgan fingerprint density at radius 2 is 1.85 bits per heavy atom. The van der Waals surface area contributed by atoms with Gasteiger partial charge in [0.25, 0.3) is 0 Å². The van der Waals surface area contributed by atoms with Crippen molar-refractivity contribution >= 4 is 5.97 Å². The molecular formula is C9H18N2O2. The average Bonchev–Trinajstić information content (AvgIpc) is 2.12. The number of allylic oxidation sites excluding steroid dienone is 1. The molecule has 4 nitrogen and oxygen atoms in total. The highest BCUT2D eigenvalue weighted by Crippen LogP contribution is 2.08. The smallest absolute Gasteiger partial charge is 0.356 e. The third-order valence-electron chi connectivity index (χ3n) is 1.83. The lowest BCUT2D eigenvalue weighted by atomic mass is 10.3. The van der Waals surface area contributed by atoms with Crippen molar-refractivity contribution < 1.29 is 9.53 Å². The van der Waals surface area contributed by atoms with E-state index in [1.807, 2.05) is 18.7 Å². The van der Waals surface area contributed by atoms with E-state index in [0.717, 1.165) is 13.1 Å². The van der Waals surface area contributed by atoms with Gasteiger partial charge in [-0.1, -0.05) is 0 Å². The molecular weight excluding hydrogens is 168 g/mol. The molecule has 0 aromatic carbocycles. The van der Waals surface area contributed by atoms with Gasteiger partial charge in [0.05, 0.1) is 7.11 Å². The van der Waals surface area contributed by atoms with Crippen LogP contribution in [0.1, 0.15) is 20.8 Å². The Bertz CT molecular complexity index is 204. The van der Waals surface area contributed by atoms with Crippen LogP contribution in [0.2, 0.25) is 0 Å². The molecule has 0 aromatic rings. The number of hydrogen-bond donors (Lipinski definition) is 1. The van der Waals surface area contributed by atoms with Crippen LogP contribution in [0.25, 0.3) is 0 Å². The van der Waals surface area contributed by atoms with Crippen LogP contribution in [0.4, 0.5) is 0 Å². The van der Waals surface area contributed by atoms with Crippen LogP contribution in [0.15, 0.2) is 11.4 Å². The Hall–Kier alpha value is -1.19. The summed E-state index contributed by atoms with van der Waals surface area (Å²) in [6.45, 7) is 7.13. The standard InChI is InChI=1S/C9H18N2O2/c1-5-11(6-2)8(7(3)10)9(12)13-4/h5-6,10H2,1-4H3/b8-7-. The summed E-state index contributed by atoms with van der Waals surface area (Å²) in [5.41, 5.74) is 6.56. The van der Waals surface area contributed by atoms with E-state index in [2.05, 4.69) is 4.74 Å². The highest BCUT2D eigenvalue weighted by atomic mass is 16.5. The second kappa shape index (κ2) is 5.45. The Kier molecular flexibility index (Phi) is 4.96. The van der Waals surface area contributed by atoms with Gasteiger partial charge in [-0.2, -0.15) is 0 Å². The second-order valence-corrected chi connectivity index (χ2v) is 2.70. The van der Waals surface area contributed by atoms with E-state index < -0.39 is 0 Å². The molecule has 0 aromatic heterocycles. The van der Waals surface area contributed by atoms with E-state index in [9.17, 15) is 4.79 Å². The van der Waals surface area contributed by atoms with E-state index in [0.29, 0.717) is 11.4 Å². The van der Waals surface area contributed by atoms with Gasteiger partial charge in [-0.05, 0) is 20.8 Å². The van der Waals surface area contributed by atoms with Gasteiger partial charge in [-0.25, -0.2) is 4.79 Å². The topological polar surface area (TPSA) is 55.6 Å². The summed E-state index contributed by atoms with van der Waals surface area (Å²) in [6, 6.07) is 0. The molecule has 0 fully saturated rings. The second-order valence-electron chi connectivity index (χ2n) is 2.70. The minimum Gasteiger partial charge on any atom is -0.464 e. The van der Waals surface area contributed by atoms with E-state index >= 15 is 0 Å². The third kappa shape index (κ3) is 2.97. The van der Waals surface area contributed by atoms with Crippen LogP contribution in [0.5, 0.6) is 0 Å². The zero-order valence-electron chi connectivity index (χ0n) is 8.76. The largest absolute Gasteiger partial charge is 0.464 e. The van der Waals surface area contributed by atoms with Crippen molar-refractivity contribution in [3.8, 4) is 0 Å². The number of carbonyl (C=O) groups is 1. The summed E-state index contributed by atoms with van der Waals surface area (Å²) in [5.74, 6) is -0.372. The number of rotatable bonds is 4. The van der Waals surface area contributed by atoms with Crippen molar-refractivity contribution in [2.45, 2.75) is 20.8 Å². The van der Waals surface area contributed by atoms with Crippen molar-refractivity contribution in [2.75, 3.05) is 20.2 Å². The minimum atomic E-state index is -0.372. The van der Waals surface area contributed by atoms with Gasteiger partial charge < -0.3 is 15.4 Å². The first-order chi connectivity index (χ1) is 6.08. The molecule has 0 bridgehead atoms. The van der Waals surface area contributed by atoms with E-state index in [-0.39, 0.29) is 5.97 Å². The summed E-state index contributed by atoms with van der Waals surface area (Å²) in [7, 11) is 1.36. The van der Waals surface area contributed by atoms with Crippen LogP contribution in [0, 0.1) is 0 Å². The number of hydrogen-bond acceptors (Lipinski definition) is 4.